The highest BCUT2D eigenvalue weighted by molar-refractivity contribution is 6.32. The fourth-order valence-corrected chi connectivity index (χ4v) is 5.40. The van der Waals surface area contributed by atoms with Crippen LogP contribution in [0.1, 0.15) is 31.2 Å². The van der Waals surface area contributed by atoms with Crippen LogP contribution in [0, 0.1) is 0 Å². The highest BCUT2D eigenvalue weighted by Gasteiger charge is 2.31. The van der Waals surface area contributed by atoms with E-state index in [9.17, 15) is 4.79 Å². The van der Waals surface area contributed by atoms with Crippen LogP contribution in [0.4, 0.5) is 17.2 Å². The van der Waals surface area contributed by atoms with Gasteiger partial charge in [-0.15, -0.1) is 0 Å². The summed E-state index contributed by atoms with van der Waals surface area (Å²) < 4.78 is 10.9. The fourth-order valence-electron chi connectivity index (χ4n) is 5.17. The van der Waals surface area contributed by atoms with Crippen molar-refractivity contribution in [2.24, 2.45) is 0 Å². The van der Waals surface area contributed by atoms with Crippen molar-refractivity contribution < 1.29 is 14.3 Å². The number of ether oxygens (including phenoxy) is 2. The van der Waals surface area contributed by atoms with Crippen molar-refractivity contribution in [1.29, 1.82) is 0 Å². The standard InChI is InChI=1S/C26H32ClN5O3/c1-34-23-15-22(24(35-2)14-18(23)27)30-19-6-10-29-25-17(19)13-21(31-25)16-7-11-32(12-8-16)26(33)20-5-3-4-9-28-20/h6-7,10,14-15,20-21,28H,3-5,8-9,11-13H2,1-2H3,(H2,29,30,31)/t20-,21?/m0/s1. The van der Waals surface area contributed by atoms with Crippen LogP contribution in [0.25, 0.3) is 0 Å². The predicted molar refractivity (Wildman–Crippen MR) is 138 cm³/mol. The van der Waals surface area contributed by atoms with Crippen LogP contribution in [-0.4, -0.2) is 61.7 Å². The van der Waals surface area contributed by atoms with E-state index >= 15 is 0 Å². The number of methoxy groups -OCH3 is 2. The molecule has 3 N–H and O–H groups in total. The lowest BCUT2D eigenvalue weighted by Crippen LogP contribution is -2.50. The van der Waals surface area contributed by atoms with Crippen LogP contribution >= 0.6 is 11.6 Å². The molecule has 0 saturated carbocycles. The lowest BCUT2D eigenvalue weighted by molar-refractivity contribution is -0.133. The van der Waals surface area contributed by atoms with Gasteiger partial charge in [0.2, 0.25) is 5.91 Å². The topological polar surface area (TPSA) is 87.8 Å². The van der Waals surface area contributed by atoms with E-state index in [1.165, 1.54) is 5.57 Å². The Morgan fingerprint density at radius 2 is 2.06 bits per heavy atom. The van der Waals surface area contributed by atoms with E-state index in [1.807, 2.05) is 17.0 Å². The molecule has 2 atom stereocenters. The Morgan fingerprint density at radius 1 is 1.20 bits per heavy atom. The van der Waals surface area contributed by atoms with Gasteiger partial charge in [-0.2, -0.15) is 0 Å². The number of carbonyl (C=O) groups is 1. The Labute approximate surface area is 211 Å². The van der Waals surface area contributed by atoms with Crippen LogP contribution in [0.5, 0.6) is 11.5 Å². The molecule has 1 saturated heterocycles. The number of rotatable bonds is 6. The van der Waals surface area contributed by atoms with Crippen molar-refractivity contribution in [3.05, 3.63) is 46.6 Å². The molecular weight excluding hydrogens is 466 g/mol. The second kappa shape index (κ2) is 10.3. The second-order valence-electron chi connectivity index (χ2n) is 9.21. The van der Waals surface area contributed by atoms with Crippen molar-refractivity contribution in [1.82, 2.24) is 15.2 Å². The monoisotopic (exact) mass is 497 g/mol. The van der Waals surface area contributed by atoms with Crippen LogP contribution < -0.4 is 25.4 Å². The summed E-state index contributed by atoms with van der Waals surface area (Å²) in [6.45, 7) is 2.37. The number of aromatic nitrogens is 1. The number of piperidine rings is 1. The van der Waals surface area contributed by atoms with E-state index in [0.717, 1.165) is 67.9 Å². The van der Waals surface area contributed by atoms with Gasteiger partial charge in [-0.1, -0.05) is 24.1 Å². The molecule has 9 heteroatoms. The van der Waals surface area contributed by atoms with Gasteiger partial charge in [0, 0.05) is 49.1 Å². The molecule has 8 nitrogen and oxygen atoms in total. The van der Waals surface area contributed by atoms with Gasteiger partial charge < -0.3 is 30.3 Å². The molecule has 1 amide bonds. The minimum atomic E-state index is -0.0196. The summed E-state index contributed by atoms with van der Waals surface area (Å²) >= 11 is 6.27. The van der Waals surface area contributed by atoms with Gasteiger partial charge in [0.1, 0.15) is 17.3 Å². The average Bonchev–Trinajstić information content (AvgIpc) is 3.35. The molecule has 5 rings (SSSR count). The van der Waals surface area contributed by atoms with Crippen molar-refractivity contribution in [2.45, 2.75) is 44.2 Å². The lowest BCUT2D eigenvalue weighted by atomic mass is 9.96. The van der Waals surface area contributed by atoms with E-state index in [0.29, 0.717) is 23.1 Å². The molecule has 3 aliphatic heterocycles. The maximum Gasteiger partial charge on any atom is 0.239 e. The molecule has 1 aromatic carbocycles. The number of fused-ring (bicyclic) bond motifs is 1. The third kappa shape index (κ3) is 4.90. The fraction of sp³-hybridized carbons (Fsp3) is 0.462. The quantitative estimate of drug-likeness (QED) is 0.517. The normalized spacial score (nSPS) is 21.6. The van der Waals surface area contributed by atoms with Crippen molar-refractivity contribution in [2.75, 3.05) is 44.5 Å². The largest absolute Gasteiger partial charge is 0.495 e. The molecular formula is C26H32ClN5O3. The number of hydrogen-bond acceptors (Lipinski definition) is 7. The number of amides is 1. The summed E-state index contributed by atoms with van der Waals surface area (Å²) in [4.78, 5) is 19.4. The van der Waals surface area contributed by atoms with Gasteiger partial charge in [0.05, 0.1) is 37.0 Å². The molecule has 1 unspecified atom stereocenters. The van der Waals surface area contributed by atoms with Crippen LogP contribution in [0.3, 0.4) is 0 Å². The summed E-state index contributed by atoms with van der Waals surface area (Å²) in [5.74, 6) is 2.33. The smallest absolute Gasteiger partial charge is 0.239 e. The number of carbonyl (C=O) groups excluding carboxylic acids is 1. The number of nitrogens with one attached hydrogen (secondary N) is 3. The van der Waals surface area contributed by atoms with Crippen LogP contribution in [-0.2, 0) is 11.2 Å². The molecule has 186 valence electrons. The summed E-state index contributed by atoms with van der Waals surface area (Å²) in [7, 11) is 3.21. The van der Waals surface area contributed by atoms with E-state index < -0.39 is 0 Å². The Morgan fingerprint density at radius 3 is 2.77 bits per heavy atom. The third-order valence-corrected chi connectivity index (χ3v) is 7.43. The zero-order valence-corrected chi connectivity index (χ0v) is 21.0. The number of benzene rings is 1. The lowest BCUT2D eigenvalue weighted by Gasteiger charge is -2.33. The van der Waals surface area contributed by atoms with Crippen molar-refractivity contribution in [3.8, 4) is 11.5 Å². The number of hydrogen-bond donors (Lipinski definition) is 3. The minimum Gasteiger partial charge on any atom is -0.495 e. The van der Waals surface area contributed by atoms with E-state index in [2.05, 4.69) is 27.0 Å². The predicted octanol–water partition coefficient (Wildman–Crippen LogP) is 4.13. The summed E-state index contributed by atoms with van der Waals surface area (Å²) in [5.41, 5.74) is 4.19. The average molecular weight is 498 g/mol. The third-order valence-electron chi connectivity index (χ3n) is 7.13. The van der Waals surface area contributed by atoms with E-state index in [4.69, 9.17) is 21.1 Å². The van der Waals surface area contributed by atoms with Crippen LogP contribution in [0.15, 0.2) is 36.0 Å². The van der Waals surface area contributed by atoms with Crippen molar-refractivity contribution >= 4 is 34.7 Å². The second-order valence-corrected chi connectivity index (χ2v) is 9.62. The first-order chi connectivity index (χ1) is 17.1. The van der Waals surface area contributed by atoms with E-state index in [1.54, 1.807) is 26.5 Å². The SMILES string of the molecule is COc1cc(Nc2ccnc3c2CC(C2=CCN(C(=O)[C@@H]4CCCCN4)CC2)N3)c(OC)cc1Cl. The first kappa shape index (κ1) is 23.8. The highest BCUT2D eigenvalue weighted by Crippen LogP contribution is 2.40. The molecule has 4 heterocycles. The molecule has 0 aliphatic carbocycles. The van der Waals surface area contributed by atoms with Crippen LogP contribution in [0.2, 0.25) is 5.02 Å². The summed E-state index contributed by atoms with van der Waals surface area (Å²) in [6.07, 6.45) is 8.93. The number of nitrogens with zero attached hydrogens (tertiary/aromatic N) is 2. The number of halogens is 1. The van der Waals surface area contributed by atoms with Gasteiger partial charge in [-0.05, 0) is 37.4 Å². The first-order valence-corrected chi connectivity index (χ1v) is 12.6. The maximum atomic E-state index is 12.9. The number of pyridine rings is 1. The number of anilines is 3. The molecule has 0 bridgehead atoms. The molecule has 1 fully saturated rings. The van der Waals surface area contributed by atoms with Gasteiger partial charge in [0.15, 0.2) is 0 Å². The zero-order valence-electron chi connectivity index (χ0n) is 20.2. The highest BCUT2D eigenvalue weighted by atomic mass is 35.5. The van der Waals surface area contributed by atoms with E-state index in [-0.39, 0.29) is 18.0 Å². The van der Waals surface area contributed by atoms with Gasteiger partial charge >= 0.3 is 0 Å². The minimum absolute atomic E-state index is 0.0196. The molecule has 3 aliphatic rings. The molecule has 0 spiro atoms. The Balaban J connectivity index is 1.29. The summed E-state index contributed by atoms with van der Waals surface area (Å²) in [5, 5.41) is 10.9. The van der Waals surface area contributed by atoms with Crippen molar-refractivity contribution in [3.63, 3.8) is 0 Å². The molecule has 1 aromatic heterocycles. The van der Waals surface area contributed by atoms with Gasteiger partial charge in [-0.3, -0.25) is 4.79 Å². The van der Waals surface area contributed by atoms with Gasteiger partial charge in [-0.25, -0.2) is 4.98 Å². The van der Waals surface area contributed by atoms with Gasteiger partial charge in [0.25, 0.3) is 0 Å². The molecule has 2 aromatic rings. The summed E-state index contributed by atoms with van der Waals surface area (Å²) in [6, 6.07) is 5.70. The first-order valence-electron chi connectivity index (χ1n) is 12.2. The Kier molecular flexibility index (Phi) is 7.02. The molecule has 35 heavy (non-hydrogen) atoms. The maximum absolute atomic E-state index is 12.9. The Hall–Kier alpha value is -2.97. The zero-order chi connectivity index (χ0) is 24.4. The molecule has 0 radical (unpaired) electrons. The Bertz CT molecular complexity index is 1130.